The highest BCUT2D eigenvalue weighted by molar-refractivity contribution is 7.98. The molecular weight excluding hydrogens is 242 g/mol. The zero-order valence-corrected chi connectivity index (χ0v) is 11.7. The van der Waals surface area contributed by atoms with Gasteiger partial charge in [0.25, 0.3) is 0 Å². The van der Waals surface area contributed by atoms with E-state index in [2.05, 4.69) is 45.8 Å². The fourth-order valence-corrected chi connectivity index (χ4v) is 2.25. The molecule has 2 aromatic rings. The molecule has 0 spiro atoms. The van der Waals surface area contributed by atoms with E-state index in [1.54, 1.807) is 11.8 Å². The second-order valence-corrected chi connectivity index (χ2v) is 5.06. The van der Waals surface area contributed by atoms with Crippen LogP contribution in [-0.4, -0.2) is 29.8 Å². The Kier molecular flexibility index (Phi) is 4.84. The zero-order valence-electron chi connectivity index (χ0n) is 10.9. The van der Waals surface area contributed by atoms with Gasteiger partial charge in [-0.15, -0.1) is 11.8 Å². The smallest absolute Gasteiger partial charge is 0.106 e. The van der Waals surface area contributed by atoms with Gasteiger partial charge >= 0.3 is 0 Å². The van der Waals surface area contributed by atoms with Crippen molar-refractivity contribution in [3.63, 3.8) is 0 Å². The standard InChI is InChI=1S/C14H19N3S/c1-15-9-3-4-14-16-10-13(17-14)11-5-7-12(18-2)8-6-11/h5-8,10,15H,3-4,9H2,1-2H3,(H,16,17). The fraction of sp³-hybridized carbons (Fsp3) is 0.357. The van der Waals surface area contributed by atoms with Gasteiger partial charge in [-0.05, 0) is 44.0 Å². The molecule has 96 valence electrons. The molecule has 0 atom stereocenters. The third kappa shape index (κ3) is 3.37. The highest BCUT2D eigenvalue weighted by Crippen LogP contribution is 2.21. The Morgan fingerprint density at radius 1 is 1.28 bits per heavy atom. The summed E-state index contributed by atoms with van der Waals surface area (Å²) < 4.78 is 0. The van der Waals surface area contributed by atoms with Crippen LogP contribution >= 0.6 is 11.8 Å². The molecule has 0 amide bonds. The Bertz CT molecular complexity index is 476. The summed E-state index contributed by atoms with van der Waals surface area (Å²) in [4.78, 5) is 9.08. The van der Waals surface area contributed by atoms with E-state index in [1.807, 2.05) is 13.2 Å². The Morgan fingerprint density at radius 2 is 2.06 bits per heavy atom. The van der Waals surface area contributed by atoms with E-state index in [-0.39, 0.29) is 0 Å². The number of benzene rings is 1. The molecule has 0 bridgehead atoms. The molecule has 1 aromatic carbocycles. The molecule has 0 aliphatic carbocycles. The van der Waals surface area contributed by atoms with E-state index in [4.69, 9.17) is 0 Å². The molecule has 4 heteroatoms. The normalized spacial score (nSPS) is 10.8. The molecule has 2 N–H and O–H groups in total. The van der Waals surface area contributed by atoms with Crippen LogP contribution in [0, 0.1) is 0 Å². The summed E-state index contributed by atoms with van der Waals surface area (Å²) in [6.45, 7) is 1.03. The first kappa shape index (κ1) is 13.2. The molecule has 1 heterocycles. The number of imidazole rings is 1. The average molecular weight is 261 g/mol. The summed E-state index contributed by atoms with van der Waals surface area (Å²) in [6.07, 6.45) is 6.10. The van der Waals surface area contributed by atoms with Crippen molar-refractivity contribution >= 4 is 11.8 Å². The number of thioether (sulfide) groups is 1. The maximum Gasteiger partial charge on any atom is 0.106 e. The van der Waals surface area contributed by atoms with Gasteiger partial charge < -0.3 is 10.3 Å². The van der Waals surface area contributed by atoms with E-state index >= 15 is 0 Å². The van der Waals surface area contributed by atoms with E-state index in [9.17, 15) is 0 Å². The summed E-state index contributed by atoms with van der Waals surface area (Å²) in [6, 6.07) is 8.55. The van der Waals surface area contributed by atoms with E-state index in [0.29, 0.717) is 0 Å². The van der Waals surface area contributed by atoms with Crippen LogP contribution < -0.4 is 5.32 Å². The van der Waals surface area contributed by atoms with Gasteiger partial charge in [-0.3, -0.25) is 0 Å². The van der Waals surface area contributed by atoms with Gasteiger partial charge in [0.1, 0.15) is 5.82 Å². The van der Waals surface area contributed by atoms with Crippen LogP contribution in [0.25, 0.3) is 11.3 Å². The number of rotatable bonds is 6. The van der Waals surface area contributed by atoms with Crippen molar-refractivity contribution in [3.8, 4) is 11.3 Å². The Morgan fingerprint density at radius 3 is 2.72 bits per heavy atom. The monoisotopic (exact) mass is 261 g/mol. The molecule has 0 saturated heterocycles. The number of nitrogens with one attached hydrogen (secondary N) is 2. The first-order valence-electron chi connectivity index (χ1n) is 6.16. The molecule has 0 aliphatic rings. The van der Waals surface area contributed by atoms with Gasteiger partial charge in [0, 0.05) is 11.3 Å². The van der Waals surface area contributed by atoms with Crippen molar-refractivity contribution in [2.45, 2.75) is 17.7 Å². The van der Waals surface area contributed by atoms with Crippen molar-refractivity contribution in [2.24, 2.45) is 0 Å². The topological polar surface area (TPSA) is 40.7 Å². The largest absolute Gasteiger partial charge is 0.342 e. The number of nitrogens with zero attached hydrogens (tertiary/aromatic N) is 1. The van der Waals surface area contributed by atoms with Gasteiger partial charge in [0.05, 0.1) is 11.9 Å². The Labute approximate surface area is 112 Å². The summed E-state index contributed by atoms with van der Waals surface area (Å²) in [7, 11) is 1.97. The van der Waals surface area contributed by atoms with Crippen LogP contribution in [0.5, 0.6) is 0 Å². The number of H-pyrrole nitrogens is 1. The van der Waals surface area contributed by atoms with Gasteiger partial charge in [-0.2, -0.15) is 0 Å². The van der Waals surface area contributed by atoms with Crippen molar-refractivity contribution in [1.29, 1.82) is 0 Å². The fourth-order valence-electron chi connectivity index (χ4n) is 1.84. The second-order valence-electron chi connectivity index (χ2n) is 4.18. The predicted molar refractivity (Wildman–Crippen MR) is 78.1 cm³/mol. The maximum absolute atomic E-state index is 4.42. The Hall–Kier alpha value is -1.26. The molecule has 0 saturated carbocycles. The van der Waals surface area contributed by atoms with Gasteiger partial charge in [0.2, 0.25) is 0 Å². The lowest BCUT2D eigenvalue weighted by Gasteiger charge is -2.00. The summed E-state index contributed by atoms with van der Waals surface area (Å²) in [5, 5.41) is 3.15. The van der Waals surface area contributed by atoms with Crippen LogP contribution in [0.1, 0.15) is 12.2 Å². The molecule has 18 heavy (non-hydrogen) atoms. The van der Waals surface area contributed by atoms with E-state index in [1.165, 1.54) is 10.5 Å². The molecule has 0 fully saturated rings. The molecule has 0 aliphatic heterocycles. The van der Waals surface area contributed by atoms with Crippen molar-refractivity contribution in [1.82, 2.24) is 15.3 Å². The minimum atomic E-state index is 0.990. The lowest BCUT2D eigenvalue weighted by atomic mass is 10.2. The van der Waals surface area contributed by atoms with Crippen LogP contribution in [0.3, 0.4) is 0 Å². The molecular formula is C14H19N3S. The van der Waals surface area contributed by atoms with Crippen LogP contribution in [0.4, 0.5) is 0 Å². The number of aromatic nitrogens is 2. The predicted octanol–water partition coefficient (Wildman–Crippen LogP) is 2.95. The summed E-state index contributed by atoms with van der Waals surface area (Å²) in [5.41, 5.74) is 2.29. The zero-order chi connectivity index (χ0) is 12.8. The molecule has 0 radical (unpaired) electrons. The van der Waals surface area contributed by atoms with Crippen LogP contribution in [0.2, 0.25) is 0 Å². The minimum Gasteiger partial charge on any atom is -0.342 e. The number of hydrogen-bond donors (Lipinski definition) is 2. The van der Waals surface area contributed by atoms with E-state index < -0.39 is 0 Å². The molecule has 1 aromatic heterocycles. The summed E-state index contributed by atoms with van der Waals surface area (Å²) >= 11 is 1.76. The molecule has 0 unspecified atom stereocenters. The molecule has 3 nitrogen and oxygen atoms in total. The quantitative estimate of drug-likeness (QED) is 0.620. The van der Waals surface area contributed by atoms with Gasteiger partial charge in [-0.25, -0.2) is 4.98 Å². The minimum absolute atomic E-state index is 0.990. The van der Waals surface area contributed by atoms with Crippen molar-refractivity contribution < 1.29 is 0 Å². The third-order valence-electron chi connectivity index (χ3n) is 2.87. The lowest BCUT2D eigenvalue weighted by Crippen LogP contribution is -2.08. The SMILES string of the molecule is CNCCCc1ncc(-c2ccc(SC)cc2)[nH]1. The van der Waals surface area contributed by atoms with E-state index in [0.717, 1.165) is 30.9 Å². The maximum atomic E-state index is 4.42. The Balaban J connectivity index is 2.04. The number of aryl methyl sites for hydroxylation is 1. The first-order valence-corrected chi connectivity index (χ1v) is 7.39. The second kappa shape index (κ2) is 6.61. The third-order valence-corrected chi connectivity index (χ3v) is 3.61. The summed E-state index contributed by atoms with van der Waals surface area (Å²) in [5.74, 6) is 1.06. The number of hydrogen-bond acceptors (Lipinski definition) is 3. The van der Waals surface area contributed by atoms with Gasteiger partial charge in [0.15, 0.2) is 0 Å². The number of aromatic amines is 1. The first-order chi connectivity index (χ1) is 8.83. The van der Waals surface area contributed by atoms with Gasteiger partial charge in [-0.1, -0.05) is 12.1 Å². The van der Waals surface area contributed by atoms with Crippen LogP contribution in [-0.2, 0) is 6.42 Å². The highest BCUT2D eigenvalue weighted by atomic mass is 32.2. The van der Waals surface area contributed by atoms with Crippen LogP contribution in [0.15, 0.2) is 35.4 Å². The highest BCUT2D eigenvalue weighted by Gasteiger charge is 2.03. The van der Waals surface area contributed by atoms with Crippen molar-refractivity contribution in [3.05, 3.63) is 36.3 Å². The molecule has 2 rings (SSSR count). The van der Waals surface area contributed by atoms with Crippen molar-refractivity contribution in [2.75, 3.05) is 19.8 Å². The lowest BCUT2D eigenvalue weighted by molar-refractivity contribution is 0.707. The average Bonchev–Trinajstić information content (AvgIpc) is 2.88.